The number of hydrogen-bond acceptors (Lipinski definition) is 5. The third-order valence-corrected chi connectivity index (χ3v) is 4.95. The number of thiazole rings is 1. The normalized spacial score (nSPS) is 20.9. The van der Waals surface area contributed by atoms with E-state index in [4.69, 9.17) is 10.7 Å². The fourth-order valence-corrected chi connectivity index (χ4v) is 3.83. The number of anilines is 1. The smallest absolute Gasteiger partial charge is 0.195 e. The molecule has 5 nitrogen and oxygen atoms in total. The summed E-state index contributed by atoms with van der Waals surface area (Å²) in [6.07, 6.45) is 2.99. The van der Waals surface area contributed by atoms with Gasteiger partial charge in [0, 0.05) is 43.7 Å². The quantitative estimate of drug-likeness (QED) is 0.926. The monoisotopic (exact) mass is 293 g/mol. The van der Waals surface area contributed by atoms with Gasteiger partial charge in [-0.2, -0.15) is 0 Å². The summed E-state index contributed by atoms with van der Waals surface area (Å²) in [5.41, 5.74) is 7.05. The Morgan fingerprint density at radius 3 is 3.00 bits per heavy atom. The summed E-state index contributed by atoms with van der Waals surface area (Å²) in [4.78, 5) is 10.9. The van der Waals surface area contributed by atoms with Gasteiger partial charge in [0.2, 0.25) is 0 Å². The van der Waals surface area contributed by atoms with Gasteiger partial charge < -0.3 is 10.6 Å². The molecule has 1 atom stereocenters. The average Bonchev–Trinajstić information content (AvgIpc) is 3.01. The van der Waals surface area contributed by atoms with Crippen molar-refractivity contribution in [2.24, 2.45) is 5.73 Å². The molecule has 3 rings (SSSR count). The maximum absolute atomic E-state index is 5.78. The first-order valence-electron chi connectivity index (χ1n) is 7.38. The Morgan fingerprint density at radius 2 is 2.30 bits per heavy atom. The van der Waals surface area contributed by atoms with Crippen LogP contribution < -0.4 is 10.6 Å². The Hall–Kier alpha value is -1.11. The number of fused-ring (bicyclic) bond motifs is 1. The highest BCUT2D eigenvalue weighted by atomic mass is 32.1. The minimum absolute atomic E-state index is 0.583. The van der Waals surface area contributed by atoms with Crippen LogP contribution in [-0.2, 0) is 6.42 Å². The highest BCUT2D eigenvalue weighted by molar-refractivity contribution is 7.15. The lowest BCUT2D eigenvalue weighted by Crippen LogP contribution is -2.52. The highest BCUT2D eigenvalue weighted by Crippen LogP contribution is 2.26. The maximum Gasteiger partial charge on any atom is 0.195 e. The summed E-state index contributed by atoms with van der Waals surface area (Å²) in [5.74, 6) is 1.14. The van der Waals surface area contributed by atoms with Gasteiger partial charge >= 0.3 is 0 Å². The van der Waals surface area contributed by atoms with Gasteiger partial charge in [0.05, 0.1) is 5.69 Å². The fraction of sp³-hybridized carbons (Fsp3) is 0.643. The van der Waals surface area contributed by atoms with Crippen molar-refractivity contribution >= 4 is 22.1 Å². The SMILES string of the molecule is CCN1CCN(c2nc3sccn3c2CCN)CC1C. The summed E-state index contributed by atoms with van der Waals surface area (Å²) in [6.45, 7) is 9.56. The van der Waals surface area contributed by atoms with Crippen molar-refractivity contribution < 1.29 is 0 Å². The summed E-state index contributed by atoms with van der Waals surface area (Å²) in [5, 5.41) is 2.09. The molecule has 1 unspecified atom stereocenters. The van der Waals surface area contributed by atoms with Crippen LogP contribution in [-0.4, -0.2) is 53.1 Å². The van der Waals surface area contributed by atoms with Gasteiger partial charge in [-0.3, -0.25) is 9.30 Å². The lowest BCUT2D eigenvalue weighted by molar-refractivity contribution is 0.199. The zero-order valence-corrected chi connectivity index (χ0v) is 13.1. The van der Waals surface area contributed by atoms with E-state index in [1.54, 1.807) is 11.3 Å². The van der Waals surface area contributed by atoms with Gasteiger partial charge in [-0.15, -0.1) is 11.3 Å². The third-order valence-electron chi connectivity index (χ3n) is 4.19. The first-order chi connectivity index (χ1) is 9.74. The van der Waals surface area contributed by atoms with Crippen LogP contribution in [0.4, 0.5) is 5.82 Å². The van der Waals surface area contributed by atoms with Gasteiger partial charge in [0.25, 0.3) is 0 Å². The first-order valence-corrected chi connectivity index (χ1v) is 8.26. The van der Waals surface area contributed by atoms with Crippen LogP contribution in [0.3, 0.4) is 0 Å². The molecule has 0 spiro atoms. The van der Waals surface area contributed by atoms with Crippen molar-refractivity contribution in [2.75, 3.05) is 37.6 Å². The number of rotatable bonds is 4. The molecule has 0 aromatic carbocycles. The molecular weight excluding hydrogens is 270 g/mol. The fourth-order valence-electron chi connectivity index (χ4n) is 3.10. The Kier molecular flexibility index (Phi) is 3.96. The predicted octanol–water partition coefficient (Wildman–Crippen LogP) is 1.43. The van der Waals surface area contributed by atoms with Crippen molar-refractivity contribution in [2.45, 2.75) is 26.3 Å². The van der Waals surface area contributed by atoms with Crippen molar-refractivity contribution in [3.63, 3.8) is 0 Å². The molecule has 0 saturated carbocycles. The molecule has 110 valence electrons. The van der Waals surface area contributed by atoms with E-state index in [2.05, 4.69) is 39.6 Å². The summed E-state index contributed by atoms with van der Waals surface area (Å²) in [6, 6.07) is 0.583. The average molecular weight is 293 g/mol. The molecule has 0 radical (unpaired) electrons. The van der Waals surface area contributed by atoms with Crippen molar-refractivity contribution in [1.29, 1.82) is 0 Å². The Morgan fingerprint density at radius 1 is 1.45 bits per heavy atom. The number of nitrogens with zero attached hydrogens (tertiary/aromatic N) is 4. The molecule has 1 aliphatic rings. The second-order valence-electron chi connectivity index (χ2n) is 5.40. The number of piperazine rings is 1. The van der Waals surface area contributed by atoms with E-state index >= 15 is 0 Å². The van der Waals surface area contributed by atoms with E-state index in [1.807, 2.05) is 0 Å². The molecule has 2 aromatic rings. The molecule has 1 aliphatic heterocycles. The van der Waals surface area contributed by atoms with Crippen LogP contribution in [0.2, 0.25) is 0 Å². The van der Waals surface area contributed by atoms with Crippen LogP contribution in [0.1, 0.15) is 19.5 Å². The summed E-state index contributed by atoms with van der Waals surface area (Å²) >= 11 is 1.69. The first kappa shape index (κ1) is 13.9. The molecule has 6 heteroatoms. The van der Waals surface area contributed by atoms with Crippen LogP contribution in [0, 0.1) is 0 Å². The molecule has 0 amide bonds. The van der Waals surface area contributed by atoms with E-state index in [9.17, 15) is 0 Å². The van der Waals surface area contributed by atoms with Gasteiger partial charge in [-0.1, -0.05) is 6.92 Å². The minimum Gasteiger partial charge on any atom is -0.352 e. The second-order valence-corrected chi connectivity index (χ2v) is 6.27. The van der Waals surface area contributed by atoms with E-state index in [-0.39, 0.29) is 0 Å². The van der Waals surface area contributed by atoms with Crippen molar-refractivity contribution in [3.05, 3.63) is 17.3 Å². The minimum atomic E-state index is 0.583. The topological polar surface area (TPSA) is 49.8 Å². The largest absolute Gasteiger partial charge is 0.352 e. The number of nitrogens with two attached hydrogens (primary N) is 1. The van der Waals surface area contributed by atoms with Crippen molar-refractivity contribution in [3.8, 4) is 0 Å². The molecule has 2 N–H and O–H groups in total. The Labute approximate surface area is 124 Å². The van der Waals surface area contributed by atoms with Gasteiger partial charge in [-0.05, 0) is 20.0 Å². The summed E-state index contributed by atoms with van der Waals surface area (Å²) < 4.78 is 2.20. The molecule has 20 heavy (non-hydrogen) atoms. The molecule has 0 aliphatic carbocycles. The number of likely N-dealkylation sites (N-methyl/N-ethyl adjacent to an activating group) is 1. The Bertz CT molecular complexity index is 575. The molecule has 1 fully saturated rings. The number of hydrogen-bond donors (Lipinski definition) is 1. The third kappa shape index (κ3) is 2.32. The van der Waals surface area contributed by atoms with E-state index in [0.717, 1.165) is 43.4 Å². The zero-order valence-electron chi connectivity index (χ0n) is 12.2. The van der Waals surface area contributed by atoms with Crippen LogP contribution in [0.15, 0.2) is 11.6 Å². The molecule has 1 saturated heterocycles. The maximum atomic E-state index is 5.78. The second kappa shape index (κ2) is 5.71. The van der Waals surface area contributed by atoms with Crippen molar-refractivity contribution in [1.82, 2.24) is 14.3 Å². The van der Waals surface area contributed by atoms with Gasteiger partial charge in [0.15, 0.2) is 10.8 Å². The highest BCUT2D eigenvalue weighted by Gasteiger charge is 2.26. The van der Waals surface area contributed by atoms with Crippen LogP contribution >= 0.6 is 11.3 Å². The van der Waals surface area contributed by atoms with Crippen LogP contribution in [0.5, 0.6) is 0 Å². The van der Waals surface area contributed by atoms with E-state index in [0.29, 0.717) is 12.6 Å². The lowest BCUT2D eigenvalue weighted by Gasteiger charge is -2.39. The Balaban J connectivity index is 1.90. The van der Waals surface area contributed by atoms with E-state index in [1.165, 1.54) is 5.69 Å². The van der Waals surface area contributed by atoms with Crippen LogP contribution in [0.25, 0.3) is 4.96 Å². The van der Waals surface area contributed by atoms with Gasteiger partial charge in [-0.25, -0.2) is 4.98 Å². The predicted molar refractivity (Wildman–Crippen MR) is 84.7 cm³/mol. The summed E-state index contributed by atoms with van der Waals surface area (Å²) in [7, 11) is 0. The number of aromatic nitrogens is 2. The molecular formula is C14H23N5S. The molecule has 3 heterocycles. The van der Waals surface area contributed by atoms with E-state index < -0.39 is 0 Å². The standard InChI is InChI=1S/C14H23N5S/c1-3-17-6-7-18(10-11(17)2)13-12(4-5-15)19-8-9-20-14(19)16-13/h8-9,11H,3-7,10,15H2,1-2H3. The zero-order chi connectivity index (χ0) is 14.1. The molecule has 0 bridgehead atoms. The number of imidazole rings is 1. The van der Waals surface area contributed by atoms with Gasteiger partial charge in [0.1, 0.15) is 0 Å². The lowest BCUT2D eigenvalue weighted by atomic mass is 10.2. The molecule has 2 aromatic heterocycles.